The fourth-order valence-electron chi connectivity index (χ4n) is 6.21. The van der Waals surface area contributed by atoms with Gasteiger partial charge in [0.2, 0.25) is 0 Å². The molecule has 0 aliphatic heterocycles. The monoisotopic (exact) mass is 619 g/mol. The van der Waals surface area contributed by atoms with Crippen LogP contribution in [0.3, 0.4) is 0 Å². The SMILES string of the molecule is OCCC(c1ccc(OCc2ccccc2)cc1)(c1ccc(OCc2ccccc2)cc1)N(Cc1ccccc1)Cc1ccccc1. The summed E-state index contributed by atoms with van der Waals surface area (Å²) >= 11 is 0. The first-order valence-electron chi connectivity index (χ1n) is 16.2. The highest BCUT2D eigenvalue weighted by atomic mass is 16.5. The summed E-state index contributed by atoms with van der Waals surface area (Å²) in [5.41, 5.74) is 6.17. The van der Waals surface area contributed by atoms with Crippen molar-refractivity contribution < 1.29 is 14.6 Å². The van der Waals surface area contributed by atoms with E-state index >= 15 is 0 Å². The maximum absolute atomic E-state index is 10.8. The number of aliphatic hydroxyl groups excluding tert-OH is 1. The maximum atomic E-state index is 10.8. The second-order valence-corrected chi connectivity index (χ2v) is 11.8. The number of ether oxygens (including phenoxy) is 2. The van der Waals surface area contributed by atoms with E-state index in [1.54, 1.807) is 0 Å². The summed E-state index contributed by atoms with van der Waals surface area (Å²) in [7, 11) is 0. The molecule has 0 saturated heterocycles. The molecule has 1 N–H and O–H groups in total. The number of nitrogens with zero attached hydrogens (tertiary/aromatic N) is 1. The molecule has 0 heterocycles. The Hall–Kier alpha value is -5.16. The minimum Gasteiger partial charge on any atom is -0.489 e. The van der Waals surface area contributed by atoms with Gasteiger partial charge in [0.15, 0.2) is 0 Å². The fourth-order valence-corrected chi connectivity index (χ4v) is 6.21. The first kappa shape index (κ1) is 31.8. The summed E-state index contributed by atoms with van der Waals surface area (Å²) < 4.78 is 12.4. The van der Waals surface area contributed by atoms with E-state index in [0.717, 1.165) is 33.8 Å². The Bertz CT molecular complexity index is 1630. The van der Waals surface area contributed by atoms with E-state index in [-0.39, 0.29) is 6.61 Å². The minimum atomic E-state index is -0.656. The molecule has 47 heavy (non-hydrogen) atoms. The van der Waals surface area contributed by atoms with Crippen LogP contribution >= 0.6 is 0 Å². The molecule has 0 radical (unpaired) electrons. The molecule has 0 fully saturated rings. The summed E-state index contributed by atoms with van der Waals surface area (Å²) in [4.78, 5) is 2.49. The number of benzene rings is 6. The highest BCUT2D eigenvalue weighted by Crippen LogP contribution is 2.42. The third kappa shape index (κ3) is 8.17. The van der Waals surface area contributed by atoms with Crippen molar-refractivity contribution in [1.29, 1.82) is 0 Å². The Balaban J connectivity index is 1.39. The molecular weight excluding hydrogens is 578 g/mol. The standard InChI is InChI=1S/C43H41NO3/c45-30-29-43(39-21-25-41(26-22-39)46-33-37-17-9-3-10-18-37,40-23-27-42(28-24-40)47-34-38-19-11-4-12-20-38)44(31-35-13-5-1-6-14-35)32-36-15-7-2-8-16-36/h1-28,45H,29-34H2. The van der Waals surface area contributed by atoms with Gasteiger partial charge in [0.1, 0.15) is 24.7 Å². The summed E-state index contributed by atoms with van der Waals surface area (Å²) in [6, 6.07) is 58.3. The summed E-state index contributed by atoms with van der Waals surface area (Å²) in [5.74, 6) is 1.61. The Morgan fingerprint density at radius 2 is 0.766 bits per heavy atom. The molecule has 0 aliphatic carbocycles. The van der Waals surface area contributed by atoms with Crippen molar-refractivity contribution in [3.63, 3.8) is 0 Å². The van der Waals surface area contributed by atoms with Crippen molar-refractivity contribution in [2.45, 2.75) is 38.3 Å². The Morgan fingerprint density at radius 3 is 1.11 bits per heavy atom. The van der Waals surface area contributed by atoms with Crippen LogP contribution in [-0.2, 0) is 31.8 Å². The van der Waals surface area contributed by atoms with E-state index in [4.69, 9.17) is 9.47 Å². The maximum Gasteiger partial charge on any atom is 0.119 e. The molecule has 0 spiro atoms. The van der Waals surface area contributed by atoms with Gasteiger partial charge in [-0.3, -0.25) is 4.90 Å². The molecule has 4 heteroatoms. The second kappa shape index (κ2) is 15.9. The van der Waals surface area contributed by atoms with E-state index in [0.29, 0.717) is 32.7 Å². The van der Waals surface area contributed by atoms with Crippen molar-refractivity contribution in [3.05, 3.63) is 203 Å². The summed E-state index contributed by atoms with van der Waals surface area (Å²) in [5, 5.41) is 10.8. The normalized spacial score (nSPS) is 11.4. The molecule has 6 rings (SSSR count). The zero-order chi connectivity index (χ0) is 32.2. The summed E-state index contributed by atoms with van der Waals surface area (Å²) in [6.07, 6.45) is 0.501. The zero-order valence-electron chi connectivity index (χ0n) is 26.6. The first-order chi connectivity index (χ1) is 23.2. The molecule has 0 aromatic heterocycles. The Labute approximate surface area is 278 Å². The van der Waals surface area contributed by atoms with Crippen LogP contribution in [0.15, 0.2) is 170 Å². The van der Waals surface area contributed by atoms with Crippen molar-refractivity contribution in [2.24, 2.45) is 0 Å². The van der Waals surface area contributed by atoms with Crippen LogP contribution in [-0.4, -0.2) is 16.6 Å². The molecule has 236 valence electrons. The lowest BCUT2D eigenvalue weighted by Crippen LogP contribution is -2.47. The van der Waals surface area contributed by atoms with Gasteiger partial charge < -0.3 is 14.6 Å². The third-order valence-electron chi connectivity index (χ3n) is 8.61. The van der Waals surface area contributed by atoms with Gasteiger partial charge in [-0.15, -0.1) is 0 Å². The zero-order valence-corrected chi connectivity index (χ0v) is 26.6. The minimum absolute atomic E-state index is 0.0125. The topological polar surface area (TPSA) is 41.9 Å². The average molecular weight is 620 g/mol. The number of rotatable bonds is 15. The molecular formula is C43H41NO3. The van der Waals surface area contributed by atoms with E-state index in [9.17, 15) is 5.11 Å². The molecule has 4 nitrogen and oxygen atoms in total. The lowest BCUT2D eigenvalue weighted by atomic mass is 9.78. The van der Waals surface area contributed by atoms with Gasteiger partial charge in [-0.2, -0.15) is 0 Å². The molecule has 0 saturated carbocycles. The number of hydrogen-bond acceptors (Lipinski definition) is 4. The molecule has 0 bridgehead atoms. The van der Waals surface area contributed by atoms with Crippen molar-refractivity contribution in [2.75, 3.05) is 6.61 Å². The van der Waals surface area contributed by atoms with Crippen LogP contribution in [0, 0.1) is 0 Å². The number of hydrogen-bond donors (Lipinski definition) is 1. The molecule has 0 atom stereocenters. The fraction of sp³-hybridized carbons (Fsp3) is 0.163. The first-order valence-corrected chi connectivity index (χ1v) is 16.2. The van der Waals surface area contributed by atoms with Crippen LogP contribution in [0.1, 0.15) is 39.8 Å². The van der Waals surface area contributed by atoms with Gasteiger partial charge in [-0.25, -0.2) is 0 Å². The van der Waals surface area contributed by atoms with Crippen LogP contribution in [0.2, 0.25) is 0 Å². The van der Waals surface area contributed by atoms with Gasteiger partial charge in [0.05, 0.1) is 5.54 Å². The van der Waals surface area contributed by atoms with Crippen LogP contribution < -0.4 is 9.47 Å². The quantitative estimate of drug-likeness (QED) is 0.124. The largest absolute Gasteiger partial charge is 0.489 e. The van der Waals surface area contributed by atoms with E-state index < -0.39 is 5.54 Å². The van der Waals surface area contributed by atoms with E-state index in [1.807, 2.05) is 72.8 Å². The van der Waals surface area contributed by atoms with Crippen molar-refractivity contribution >= 4 is 0 Å². The van der Waals surface area contributed by atoms with E-state index in [2.05, 4.69) is 102 Å². The van der Waals surface area contributed by atoms with E-state index in [1.165, 1.54) is 11.1 Å². The molecule has 0 aliphatic rings. The van der Waals surface area contributed by atoms with Crippen LogP contribution in [0.4, 0.5) is 0 Å². The Morgan fingerprint density at radius 1 is 0.426 bits per heavy atom. The highest BCUT2D eigenvalue weighted by Gasteiger charge is 2.40. The predicted molar refractivity (Wildman–Crippen MR) is 189 cm³/mol. The Kier molecular flexibility index (Phi) is 10.8. The highest BCUT2D eigenvalue weighted by molar-refractivity contribution is 5.44. The molecule has 6 aromatic rings. The lowest BCUT2D eigenvalue weighted by molar-refractivity contribution is 0.0744. The van der Waals surface area contributed by atoms with Crippen LogP contribution in [0.25, 0.3) is 0 Å². The smallest absolute Gasteiger partial charge is 0.119 e. The molecule has 0 unspecified atom stereocenters. The number of aliphatic hydroxyl groups is 1. The van der Waals surface area contributed by atoms with Gasteiger partial charge in [0.25, 0.3) is 0 Å². The predicted octanol–water partition coefficient (Wildman–Crippen LogP) is 9.17. The molecule has 0 amide bonds. The van der Waals surface area contributed by atoms with Crippen molar-refractivity contribution in [1.82, 2.24) is 4.90 Å². The lowest BCUT2D eigenvalue weighted by Gasteiger charge is -2.45. The third-order valence-corrected chi connectivity index (χ3v) is 8.61. The summed E-state index contributed by atoms with van der Waals surface area (Å²) in [6.45, 7) is 2.39. The van der Waals surface area contributed by atoms with Crippen molar-refractivity contribution in [3.8, 4) is 11.5 Å². The second-order valence-electron chi connectivity index (χ2n) is 11.8. The van der Waals surface area contributed by atoms with Gasteiger partial charge in [-0.1, -0.05) is 146 Å². The average Bonchev–Trinajstić information content (AvgIpc) is 3.14. The molecule has 6 aromatic carbocycles. The van der Waals surface area contributed by atoms with Gasteiger partial charge in [-0.05, 0) is 64.1 Å². The van der Waals surface area contributed by atoms with Gasteiger partial charge in [0, 0.05) is 19.7 Å². The van der Waals surface area contributed by atoms with Gasteiger partial charge >= 0.3 is 0 Å². The van der Waals surface area contributed by atoms with Crippen LogP contribution in [0.5, 0.6) is 11.5 Å².